The molecule has 6 heteroatoms. The average molecular weight is 361 g/mol. The predicted molar refractivity (Wildman–Crippen MR) is 96.8 cm³/mol. The fourth-order valence-electron chi connectivity index (χ4n) is 3.66. The molecule has 2 atom stereocenters. The number of carbonyl (C=O) groups is 3. The number of rotatable bonds is 3. The van der Waals surface area contributed by atoms with Crippen LogP contribution in [0.5, 0.6) is 0 Å². The van der Waals surface area contributed by atoms with E-state index in [9.17, 15) is 14.4 Å². The highest BCUT2D eigenvalue weighted by Crippen LogP contribution is 2.45. The molecule has 1 aliphatic heterocycles. The van der Waals surface area contributed by atoms with Crippen LogP contribution in [-0.4, -0.2) is 24.4 Å². The van der Waals surface area contributed by atoms with Crippen molar-refractivity contribution in [1.82, 2.24) is 0 Å². The topological polar surface area (TPSA) is 63.7 Å². The summed E-state index contributed by atoms with van der Waals surface area (Å²) in [5, 5.41) is 0.424. The molecule has 0 unspecified atom stereocenters. The normalized spacial score (nSPS) is 23.3. The summed E-state index contributed by atoms with van der Waals surface area (Å²) in [6.45, 7) is 9.76. The summed E-state index contributed by atoms with van der Waals surface area (Å²) in [6.07, 6.45) is 1.24. The summed E-state index contributed by atoms with van der Waals surface area (Å²) in [5.74, 6) is -1.47. The number of ether oxygens (including phenoxy) is 1. The Balaban J connectivity index is 2.04. The van der Waals surface area contributed by atoms with Gasteiger partial charge in [0, 0.05) is 4.88 Å². The number of esters is 1. The lowest BCUT2D eigenvalue weighted by Gasteiger charge is -2.23. The standard InChI is InChI=1S/C19H23NO4S/c1-6-24-19(23)15-11(4)12(5)25-18(15)20-16(21)13-7-9(2)10(3)8-14(13)17(20)22/h13-14H,6-8H2,1-5H3/t13-,14-/m0/s1. The Kier molecular flexibility index (Phi) is 4.58. The SMILES string of the molecule is CCOC(=O)c1c(N2C(=O)[C@H]3CC(C)=C(C)C[C@@H]3C2=O)sc(C)c1C. The van der Waals surface area contributed by atoms with E-state index in [1.54, 1.807) is 6.92 Å². The smallest absolute Gasteiger partial charge is 0.341 e. The third-order valence-electron chi connectivity index (χ3n) is 5.39. The third kappa shape index (κ3) is 2.72. The largest absolute Gasteiger partial charge is 0.462 e. The highest BCUT2D eigenvalue weighted by Gasteiger charge is 2.51. The zero-order chi connectivity index (χ0) is 18.5. The number of carbonyl (C=O) groups excluding carboxylic acids is 3. The van der Waals surface area contributed by atoms with Crippen molar-refractivity contribution in [3.8, 4) is 0 Å². The molecule has 25 heavy (non-hydrogen) atoms. The van der Waals surface area contributed by atoms with E-state index in [0.29, 0.717) is 23.4 Å². The second kappa shape index (κ2) is 6.41. The number of imide groups is 1. The quantitative estimate of drug-likeness (QED) is 0.467. The van der Waals surface area contributed by atoms with E-state index in [4.69, 9.17) is 4.74 Å². The van der Waals surface area contributed by atoms with Crippen LogP contribution in [0.25, 0.3) is 0 Å². The lowest BCUT2D eigenvalue weighted by Crippen LogP contribution is -2.31. The van der Waals surface area contributed by atoms with Crippen LogP contribution in [0.2, 0.25) is 0 Å². The van der Waals surface area contributed by atoms with Gasteiger partial charge in [0.25, 0.3) is 0 Å². The number of hydrogen-bond donors (Lipinski definition) is 0. The first-order valence-electron chi connectivity index (χ1n) is 8.58. The zero-order valence-corrected chi connectivity index (χ0v) is 16.1. The summed E-state index contributed by atoms with van der Waals surface area (Å²) in [4.78, 5) is 40.6. The van der Waals surface area contributed by atoms with Crippen LogP contribution in [0.3, 0.4) is 0 Å². The van der Waals surface area contributed by atoms with Gasteiger partial charge < -0.3 is 4.74 Å². The van der Waals surface area contributed by atoms with Crippen LogP contribution in [0, 0.1) is 25.7 Å². The number of amides is 2. The number of hydrogen-bond acceptors (Lipinski definition) is 5. The molecule has 0 aromatic carbocycles. The first-order valence-corrected chi connectivity index (χ1v) is 9.39. The Hall–Kier alpha value is -1.95. The molecule has 0 spiro atoms. The average Bonchev–Trinajstić information content (AvgIpc) is 2.96. The molecular formula is C19H23NO4S. The van der Waals surface area contributed by atoms with E-state index in [2.05, 4.69) is 0 Å². The van der Waals surface area contributed by atoms with E-state index in [-0.39, 0.29) is 30.3 Å². The predicted octanol–water partition coefficient (Wildman–Crippen LogP) is 3.78. The Labute approximate surface area is 151 Å². The van der Waals surface area contributed by atoms with Gasteiger partial charge in [-0.2, -0.15) is 0 Å². The number of thiophene rings is 1. The molecule has 0 bridgehead atoms. The maximum Gasteiger partial charge on any atom is 0.341 e. The maximum absolute atomic E-state index is 13.0. The van der Waals surface area contributed by atoms with E-state index in [1.165, 1.54) is 27.4 Å². The van der Waals surface area contributed by atoms with Gasteiger partial charge in [-0.1, -0.05) is 11.1 Å². The molecular weight excluding hydrogens is 338 g/mol. The second-order valence-corrected chi connectivity index (χ2v) is 8.08. The minimum atomic E-state index is -0.472. The van der Waals surface area contributed by atoms with Crippen molar-refractivity contribution in [3.63, 3.8) is 0 Å². The van der Waals surface area contributed by atoms with Crippen LogP contribution >= 0.6 is 11.3 Å². The molecule has 3 rings (SSSR count). The molecule has 134 valence electrons. The van der Waals surface area contributed by atoms with Gasteiger partial charge in [0.2, 0.25) is 11.8 Å². The highest BCUT2D eigenvalue weighted by atomic mass is 32.1. The Morgan fingerprint density at radius 2 is 1.60 bits per heavy atom. The Morgan fingerprint density at radius 1 is 1.08 bits per heavy atom. The molecule has 2 amide bonds. The summed E-state index contributed by atoms with van der Waals surface area (Å²) in [7, 11) is 0. The third-order valence-corrected chi connectivity index (χ3v) is 6.58. The van der Waals surface area contributed by atoms with Gasteiger partial charge in [0.05, 0.1) is 24.0 Å². The van der Waals surface area contributed by atoms with Gasteiger partial charge in [0.15, 0.2) is 0 Å². The molecule has 0 saturated carbocycles. The van der Waals surface area contributed by atoms with Crippen molar-refractivity contribution in [2.24, 2.45) is 11.8 Å². The first-order chi connectivity index (χ1) is 11.8. The molecule has 0 N–H and O–H groups in total. The molecule has 1 aromatic rings. The number of fused-ring (bicyclic) bond motifs is 1. The van der Waals surface area contributed by atoms with Gasteiger partial charge in [0.1, 0.15) is 5.00 Å². The zero-order valence-electron chi connectivity index (χ0n) is 15.3. The molecule has 5 nitrogen and oxygen atoms in total. The number of anilines is 1. The molecule has 2 heterocycles. The Bertz CT molecular complexity index is 773. The van der Waals surface area contributed by atoms with Gasteiger partial charge >= 0.3 is 5.97 Å². The fraction of sp³-hybridized carbons (Fsp3) is 0.526. The van der Waals surface area contributed by atoms with E-state index in [0.717, 1.165) is 10.4 Å². The summed E-state index contributed by atoms with van der Waals surface area (Å²) < 4.78 is 5.16. The van der Waals surface area contributed by atoms with E-state index in [1.807, 2.05) is 27.7 Å². The maximum atomic E-state index is 13.0. The van der Waals surface area contributed by atoms with Crippen molar-refractivity contribution in [2.45, 2.75) is 47.5 Å². The lowest BCUT2D eigenvalue weighted by molar-refractivity contribution is -0.122. The van der Waals surface area contributed by atoms with Gasteiger partial charge in [-0.05, 0) is 53.0 Å². The van der Waals surface area contributed by atoms with Crippen LogP contribution in [0.1, 0.15) is 54.4 Å². The van der Waals surface area contributed by atoms with Crippen molar-refractivity contribution in [3.05, 3.63) is 27.2 Å². The summed E-state index contributed by atoms with van der Waals surface area (Å²) >= 11 is 1.32. The van der Waals surface area contributed by atoms with Gasteiger partial charge in [-0.15, -0.1) is 11.3 Å². The second-order valence-electron chi connectivity index (χ2n) is 6.88. The first kappa shape index (κ1) is 17.9. The molecule has 1 saturated heterocycles. The Morgan fingerprint density at radius 3 is 2.08 bits per heavy atom. The molecule has 2 aliphatic rings. The van der Waals surface area contributed by atoms with Crippen molar-refractivity contribution >= 4 is 34.1 Å². The van der Waals surface area contributed by atoms with Crippen LogP contribution in [0.15, 0.2) is 11.1 Å². The van der Waals surface area contributed by atoms with Crippen molar-refractivity contribution in [1.29, 1.82) is 0 Å². The molecule has 1 aliphatic carbocycles. The number of allylic oxidation sites excluding steroid dienone is 2. The minimum absolute atomic E-state index is 0.186. The summed E-state index contributed by atoms with van der Waals surface area (Å²) in [5.41, 5.74) is 3.51. The number of nitrogens with zero attached hydrogens (tertiary/aromatic N) is 1. The van der Waals surface area contributed by atoms with Crippen LogP contribution < -0.4 is 4.90 Å². The highest BCUT2D eigenvalue weighted by molar-refractivity contribution is 7.17. The van der Waals surface area contributed by atoms with Gasteiger partial charge in [-0.25, -0.2) is 9.69 Å². The lowest BCUT2D eigenvalue weighted by atomic mass is 9.78. The molecule has 1 fully saturated rings. The monoisotopic (exact) mass is 361 g/mol. The van der Waals surface area contributed by atoms with Gasteiger partial charge in [-0.3, -0.25) is 9.59 Å². The van der Waals surface area contributed by atoms with Crippen molar-refractivity contribution < 1.29 is 19.1 Å². The molecule has 0 radical (unpaired) electrons. The minimum Gasteiger partial charge on any atom is -0.462 e. The van der Waals surface area contributed by atoms with Crippen molar-refractivity contribution in [2.75, 3.05) is 11.5 Å². The van der Waals surface area contributed by atoms with Crippen LogP contribution in [-0.2, 0) is 14.3 Å². The number of aryl methyl sites for hydroxylation is 1. The van der Waals surface area contributed by atoms with Crippen LogP contribution in [0.4, 0.5) is 5.00 Å². The summed E-state index contributed by atoms with van der Waals surface area (Å²) in [6, 6.07) is 0. The van der Waals surface area contributed by atoms with E-state index >= 15 is 0 Å². The van der Waals surface area contributed by atoms with E-state index < -0.39 is 5.97 Å². The fourth-order valence-corrected chi connectivity index (χ4v) is 4.82. The molecule has 1 aromatic heterocycles.